The lowest BCUT2D eigenvalue weighted by atomic mass is 10.2. The molecule has 0 aliphatic heterocycles. The fourth-order valence-electron chi connectivity index (χ4n) is 2.28. The maximum absolute atomic E-state index is 12.0. The maximum atomic E-state index is 12.0. The van der Waals surface area contributed by atoms with Gasteiger partial charge in [-0.1, -0.05) is 36.4 Å². The number of nitrogens with one attached hydrogen (secondary N) is 1. The van der Waals surface area contributed by atoms with E-state index in [2.05, 4.69) is 4.98 Å². The molecule has 20 heavy (non-hydrogen) atoms. The molecule has 0 bridgehead atoms. The SMILES string of the molecule is O=C(O)c1cccc2c1[nH]c(=O)n2Cc1ccccc1. The lowest BCUT2D eigenvalue weighted by Gasteiger charge is -2.04. The number of imidazole rings is 1. The minimum absolute atomic E-state index is 0.103. The Morgan fingerprint density at radius 1 is 1.10 bits per heavy atom. The topological polar surface area (TPSA) is 75.1 Å². The van der Waals surface area contributed by atoms with Gasteiger partial charge in [-0.15, -0.1) is 0 Å². The number of H-pyrrole nitrogens is 1. The van der Waals surface area contributed by atoms with Gasteiger partial charge in [-0.2, -0.15) is 0 Å². The number of aromatic nitrogens is 2. The van der Waals surface area contributed by atoms with Crippen LogP contribution in [0, 0.1) is 0 Å². The molecule has 0 spiro atoms. The fraction of sp³-hybridized carbons (Fsp3) is 0.0667. The van der Waals surface area contributed by atoms with Crippen molar-refractivity contribution < 1.29 is 9.90 Å². The number of hydrogen-bond donors (Lipinski definition) is 2. The van der Waals surface area contributed by atoms with Crippen molar-refractivity contribution in [2.24, 2.45) is 0 Å². The number of rotatable bonds is 3. The van der Waals surface area contributed by atoms with Crippen molar-refractivity contribution in [1.82, 2.24) is 9.55 Å². The van der Waals surface area contributed by atoms with Gasteiger partial charge in [0.2, 0.25) is 0 Å². The van der Waals surface area contributed by atoms with Crippen molar-refractivity contribution in [1.29, 1.82) is 0 Å². The zero-order valence-electron chi connectivity index (χ0n) is 10.5. The van der Waals surface area contributed by atoms with Crippen molar-refractivity contribution in [3.63, 3.8) is 0 Å². The molecule has 1 heterocycles. The highest BCUT2D eigenvalue weighted by Crippen LogP contribution is 2.16. The molecule has 0 radical (unpaired) electrons. The zero-order chi connectivity index (χ0) is 14.1. The predicted octanol–water partition coefficient (Wildman–Crippen LogP) is 2.08. The lowest BCUT2D eigenvalue weighted by molar-refractivity contribution is 0.0699. The van der Waals surface area contributed by atoms with Crippen LogP contribution in [0.2, 0.25) is 0 Å². The number of aromatic amines is 1. The largest absolute Gasteiger partial charge is 0.478 e. The molecule has 1 aromatic heterocycles. The van der Waals surface area contributed by atoms with Crippen LogP contribution < -0.4 is 5.69 Å². The molecule has 0 saturated heterocycles. The Bertz CT molecular complexity index is 831. The lowest BCUT2D eigenvalue weighted by Crippen LogP contribution is -2.17. The van der Waals surface area contributed by atoms with Gasteiger partial charge in [0, 0.05) is 0 Å². The molecule has 0 aliphatic carbocycles. The average Bonchev–Trinajstić information content (AvgIpc) is 2.76. The number of carbonyl (C=O) groups is 1. The predicted molar refractivity (Wildman–Crippen MR) is 75.1 cm³/mol. The summed E-state index contributed by atoms with van der Waals surface area (Å²) < 4.78 is 1.54. The Kier molecular flexibility index (Phi) is 2.87. The average molecular weight is 268 g/mol. The number of benzene rings is 2. The summed E-state index contributed by atoms with van der Waals surface area (Å²) in [6, 6.07) is 14.4. The molecule has 3 aromatic rings. The first-order valence-corrected chi connectivity index (χ1v) is 6.15. The molecule has 0 aliphatic rings. The molecule has 100 valence electrons. The third-order valence-electron chi connectivity index (χ3n) is 3.22. The van der Waals surface area contributed by atoms with E-state index in [1.165, 1.54) is 10.6 Å². The second-order valence-corrected chi connectivity index (χ2v) is 4.51. The highest BCUT2D eigenvalue weighted by molar-refractivity contribution is 6.00. The van der Waals surface area contributed by atoms with E-state index >= 15 is 0 Å². The highest BCUT2D eigenvalue weighted by atomic mass is 16.4. The summed E-state index contributed by atoms with van der Waals surface area (Å²) in [5, 5.41) is 9.14. The Morgan fingerprint density at radius 2 is 1.85 bits per heavy atom. The Morgan fingerprint density at radius 3 is 2.55 bits per heavy atom. The monoisotopic (exact) mass is 268 g/mol. The van der Waals surface area contributed by atoms with Gasteiger partial charge in [0.1, 0.15) is 0 Å². The molecule has 5 nitrogen and oxygen atoms in total. The molecule has 0 atom stereocenters. The first-order chi connectivity index (χ1) is 9.66. The van der Waals surface area contributed by atoms with Crippen LogP contribution in [0.1, 0.15) is 15.9 Å². The summed E-state index contributed by atoms with van der Waals surface area (Å²) in [5.74, 6) is -1.05. The first-order valence-electron chi connectivity index (χ1n) is 6.15. The molecule has 2 aromatic carbocycles. The standard InChI is InChI=1S/C15H12N2O3/c18-14(19)11-7-4-8-12-13(11)16-15(20)17(12)9-10-5-2-1-3-6-10/h1-8H,9H2,(H,16,20)(H,18,19). The van der Waals surface area contributed by atoms with Gasteiger partial charge in [0.25, 0.3) is 0 Å². The van der Waals surface area contributed by atoms with E-state index in [1.54, 1.807) is 12.1 Å². The van der Waals surface area contributed by atoms with Crippen LogP contribution in [-0.4, -0.2) is 20.6 Å². The number of para-hydroxylation sites is 1. The Hall–Kier alpha value is -2.82. The number of nitrogens with zero attached hydrogens (tertiary/aromatic N) is 1. The second kappa shape index (κ2) is 4.70. The van der Waals surface area contributed by atoms with Gasteiger partial charge < -0.3 is 10.1 Å². The summed E-state index contributed by atoms with van der Waals surface area (Å²) in [4.78, 5) is 25.8. The summed E-state index contributed by atoms with van der Waals surface area (Å²) in [7, 11) is 0. The van der Waals surface area contributed by atoms with Crippen LogP contribution in [0.5, 0.6) is 0 Å². The van der Waals surface area contributed by atoms with E-state index in [9.17, 15) is 9.59 Å². The van der Waals surface area contributed by atoms with Gasteiger partial charge in [-0.05, 0) is 17.7 Å². The third-order valence-corrected chi connectivity index (χ3v) is 3.22. The minimum Gasteiger partial charge on any atom is -0.478 e. The zero-order valence-corrected chi connectivity index (χ0v) is 10.5. The van der Waals surface area contributed by atoms with Crippen molar-refractivity contribution in [2.45, 2.75) is 6.54 Å². The van der Waals surface area contributed by atoms with Crippen molar-refractivity contribution >= 4 is 17.0 Å². The molecule has 2 N–H and O–H groups in total. The number of hydrogen-bond acceptors (Lipinski definition) is 2. The summed E-state index contributed by atoms with van der Waals surface area (Å²) >= 11 is 0. The normalized spacial score (nSPS) is 10.8. The quantitative estimate of drug-likeness (QED) is 0.763. The van der Waals surface area contributed by atoms with Gasteiger partial charge in [-0.3, -0.25) is 4.57 Å². The minimum atomic E-state index is -1.05. The van der Waals surface area contributed by atoms with E-state index in [4.69, 9.17) is 5.11 Å². The van der Waals surface area contributed by atoms with E-state index in [0.717, 1.165) is 5.56 Å². The number of carboxylic acids is 1. The van der Waals surface area contributed by atoms with E-state index < -0.39 is 5.97 Å². The molecule has 3 rings (SSSR count). The van der Waals surface area contributed by atoms with E-state index in [-0.39, 0.29) is 11.3 Å². The fourth-order valence-corrected chi connectivity index (χ4v) is 2.28. The number of aromatic carboxylic acids is 1. The number of fused-ring (bicyclic) bond motifs is 1. The van der Waals surface area contributed by atoms with Crippen molar-refractivity contribution in [2.75, 3.05) is 0 Å². The van der Waals surface area contributed by atoms with Gasteiger partial charge in [-0.25, -0.2) is 9.59 Å². The van der Waals surface area contributed by atoms with Crippen LogP contribution in [0.4, 0.5) is 0 Å². The summed E-state index contributed by atoms with van der Waals surface area (Å²) in [6.45, 7) is 0.406. The van der Waals surface area contributed by atoms with Crippen LogP contribution in [0.15, 0.2) is 53.3 Å². The van der Waals surface area contributed by atoms with Crippen molar-refractivity contribution in [3.8, 4) is 0 Å². The Balaban J connectivity index is 2.17. The molecular weight excluding hydrogens is 256 g/mol. The number of carboxylic acid groups (broad SMARTS) is 1. The first kappa shape index (κ1) is 12.2. The molecule has 0 saturated carbocycles. The van der Waals surface area contributed by atoms with Gasteiger partial charge >= 0.3 is 11.7 Å². The van der Waals surface area contributed by atoms with Crippen molar-refractivity contribution in [3.05, 3.63) is 70.1 Å². The molecular formula is C15H12N2O3. The van der Waals surface area contributed by atoms with Crippen LogP contribution in [0.3, 0.4) is 0 Å². The summed E-state index contributed by atoms with van der Waals surface area (Å²) in [6.07, 6.45) is 0. The van der Waals surface area contributed by atoms with Crippen LogP contribution in [0.25, 0.3) is 11.0 Å². The molecule has 5 heteroatoms. The highest BCUT2D eigenvalue weighted by Gasteiger charge is 2.14. The molecule has 0 amide bonds. The van der Waals surface area contributed by atoms with Crippen LogP contribution in [-0.2, 0) is 6.54 Å². The van der Waals surface area contributed by atoms with Crippen LogP contribution >= 0.6 is 0 Å². The van der Waals surface area contributed by atoms with E-state index in [1.807, 2.05) is 30.3 Å². The third kappa shape index (κ3) is 1.99. The van der Waals surface area contributed by atoms with Gasteiger partial charge in [0.15, 0.2) is 0 Å². The maximum Gasteiger partial charge on any atom is 0.337 e. The summed E-state index contributed by atoms with van der Waals surface area (Å²) in [5.41, 5.74) is 1.74. The molecule has 0 fully saturated rings. The molecule has 0 unspecified atom stereocenters. The van der Waals surface area contributed by atoms with Gasteiger partial charge in [0.05, 0.1) is 23.1 Å². The van der Waals surface area contributed by atoms with E-state index in [0.29, 0.717) is 17.6 Å². The smallest absolute Gasteiger partial charge is 0.337 e. The second-order valence-electron chi connectivity index (χ2n) is 4.51. The Labute approximate surface area is 114 Å².